The van der Waals surface area contributed by atoms with Crippen molar-refractivity contribution in [3.05, 3.63) is 34.2 Å². The molecule has 20 heavy (non-hydrogen) atoms. The number of carbonyl (C=O) groups is 1. The summed E-state index contributed by atoms with van der Waals surface area (Å²) < 4.78 is 1.85. The number of anilines is 1. The van der Waals surface area contributed by atoms with Gasteiger partial charge in [-0.25, -0.2) is 4.68 Å². The molecule has 5 nitrogen and oxygen atoms in total. The van der Waals surface area contributed by atoms with Gasteiger partial charge < -0.3 is 5.11 Å². The Kier molecular flexibility index (Phi) is 3.58. The summed E-state index contributed by atoms with van der Waals surface area (Å²) in [4.78, 5) is 16.2. The van der Waals surface area contributed by atoms with Gasteiger partial charge in [-0.2, -0.15) is 5.10 Å². The lowest BCUT2D eigenvalue weighted by molar-refractivity contribution is -0.117. The number of aliphatic hydroxyl groups excluding tert-OH is 1. The van der Waals surface area contributed by atoms with Crippen LogP contribution < -0.4 is 4.90 Å². The standard InChI is InChI=1S/C14H17N3O2S/c1-10-2-3-12(20-10)8-17-13(4-5-15-17)16-7-11(9-18)6-14(16)19/h2-5,11,18H,6-9H2,1H3. The highest BCUT2D eigenvalue weighted by Crippen LogP contribution is 2.26. The number of hydrogen-bond acceptors (Lipinski definition) is 4. The van der Waals surface area contributed by atoms with E-state index in [1.165, 1.54) is 9.75 Å². The van der Waals surface area contributed by atoms with E-state index < -0.39 is 0 Å². The summed E-state index contributed by atoms with van der Waals surface area (Å²) in [6, 6.07) is 6.04. The van der Waals surface area contributed by atoms with E-state index in [0.29, 0.717) is 19.5 Å². The predicted octanol–water partition coefficient (Wildman–Crippen LogP) is 1.65. The maximum Gasteiger partial charge on any atom is 0.228 e. The van der Waals surface area contributed by atoms with Crippen molar-refractivity contribution < 1.29 is 9.90 Å². The van der Waals surface area contributed by atoms with E-state index in [1.54, 1.807) is 22.4 Å². The van der Waals surface area contributed by atoms with Crippen LogP contribution in [0.25, 0.3) is 0 Å². The molecule has 0 saturated carbocycles. The molecule has 3 rings (SSSR count). The number of carbonyl (C=O) groups excluding carboxylic acids is 1. The molecule has 1 aliphatic rings. The summed E-state index contributed by atoms with van der Waals surface area (Å²) in [6.45, 7) is 3.38. The summed E-state index contributed by atoms with van der Waals surface area (Å²) in [7, 11) is 0. The summed E-state index contributed by atoms with van der Waals surface area (Å²) in [6.07, 6.45) is 2.13. The first-order valence-corrected chi connectivity index (χ1v) is 7.47. The topological polar surface area (TPSA) is 58.4 Å². The number of rotatable bonds is 4. The molecule has 1 saturated heterocycles. The van der Waals surface area contributed by atoms with Gasteiger partial charge in [0.25, 0.3) is 0 Å². The van der Waals surface area contributed by atoms with Gasteiger partial charge in [0, 0.05) is 41.3 Å². The maximum atomic E-state index is 12.0. The van der Waals surface area contributed by atoms with Gasteiger partial charge in [0.05, 0.1) is 12.7 Å². The minimum absolute atomic E-state index is 0.0369. The average Bonchev–Trinajstić information content (AvgIpc) is 3.11. The Bertz CT molecular complexity index is 619. The highest BCUT2D eigenvalue weighted by Gasteiger charge is 2.31. The molecule has 1 fully saturated rings. The molecule has 1 aliphatic heterocycles. The molecule has 106 valence electrons. The van der Waals surface area contributed by atoms with Crippen molar-refractivity contribution in [1.82, 2.24) is 9.78 Å². The molecule has 1 amide bonds. The number of aryl methyl sites for hydroxylation is 1. The Morgan fingerprint density at radius 1 is 1.45 bits per heavy atom. The Hall–Kier alpha value is -1.66. The van der Waals surface area contributed by atoms with E-state index in [2.05, 4.69) is 24.2 Å². The average molecular weight is 291 g/mol. The lowest BCUT2D eigenvalue weighted by Gasteiger charge is -2.17. The Labute approximate surface area is 121 Å². The number of aliphatic hydroxyl groups is 1. The highest BCUT2D eigenvalue weighted by atomic mass is 32.1. The summed E-state index contributed by atoms with van der Waals surface area (Å²) in [5.41, 5.74) is 0. The fourth-order valence-corrected chi connectivity index (χ4v) is 3.39. The van der Waals surface area contributed by atoms with Crippen LogP contribution >= 0.6 is 11.3 Å². The molecule has 1 atom stereocenters. The van der Waals surface area contributed by atoms with Crippen LogP contribution in [0, 0.1) is 12.8 Å². The summed E-state index contributed by atoms with van der Waals surface area (Å²) in [5, 5.41) is 13.5. The number of thiophene rings is 1. The van der Waals surface area contributed by atoms with Gasteiger partial charge in [-0.3, -0.25) is 9.69 Å². The fraction of sp³-hybridized carbons (Fsp3) is 0.429. The van der Waals surface area contributed by atoms with Crippen LogP contribution in [0.1, 0.15) is 16.2 Å². The molecular formula is C14H17N3O2S. The molecule has 2 aromatic rings. The fourth-order valence-electron chi connectivity index (χ4n) is 2.52. The van der Waals surface area contributed by atoms with Crippen LogP contribution in [0.3, 0.4) is 0 Å². The second-order valence-electron chi connectivity index (χ2n) is 5.12. The van der Waals surface area contributed by atoms with Crippen molar-refractivity contribution in [3.63, 3.8) is 0 Å². The van der Waals surface area contributed by atoms with E-state index in [9.17, 15) is 9.90 Å². The van der Waals surface area contributed by atoms with Crippen LogP contribution in [0.5, 0.6) is 0 Å². The molecule has 0 bridgehead atoms. The van der Waals surface area contributed by atoms with Gasteiger partial charge in [0.15, 0.2) is 0 Å². The lowest BCUT2D eigenvalue weighted by Crippen LogP contribution is -2.27. The lowest BCUT2D eigenvalue weighted by atomic mass is 10.1. The first-order chi connectivity index (χ1) is 9.67. The van der Waals surface area contributed by atoms with E-state index in [4.69, 9.17) is 0 Å². The number of amides is 1. The van der Waals surface area contributed by atoms with Crippen molar-refractivity contribution in [2.45, 2.75) is 19.9 Å². The van der Waals surface area contributed by atoms with Crippen LogP contribution in [-0.2, 0) is 11.3 Å². The zero-order chi connectivity index (χ0) is 14.1. The normalized spacial score (nSPS) is 19.0. The molecule has 0 spiro atoms. The SMILES string of the molecule is Cc1ccc(Cn2nccc2N2CC(CO)CC2=O)s1. The number of aromatic nitrogens is 2. The quantitative estimate of drug-likeness (QED) is 0.932. The maximum absolute atomic E-state index is 12.0. The molecule has 0 radical (unpaired) electrons. The Balaban J connectivity index is 1.81. The van der Waals surface area contributed by atoms with Gasteiger partial charge in [-0.1, -0.05) is 0 Å². The van der Waals surface area contributed by atoms with Crippen molar-refractivity contribution in [2.75, 3.05) is 18.1 Å². The third kappa shape index (κ3) is 2.48. The minimum Gasteiger partial charge on any atom is -0.396 e. The second-order valence-corrected chi connectivity index (χ2v) is 6.49. The van der Waals surface area contributed by atoms with Crippen molar-refractivity contribution >= 4 is 23.1 Å². The molecule has 0 aromatic carbocycles. The van der Waals surface area contributed by atoms with Gasteiger partial charge in [-0.15, -0.1) is 11.3 Å². The minimum atomic E-state index is 0.0369. The predicted molar refractivity (Wildman–Crippen MR) is 77.9 cm³/mol. The second kappa shape index (κ2) is 5.38. The van der Waals surface area contributed by atoms with Crippen LogP contribution in [0.4, 0.5) is 5.82 Å². The summed E-state index contributed by atoms with van der Waals surface area (Å²) in [5.74, 6) is 0.917. The van der Waals surface area contributed by atoms with Crippen molar-refractivity contribution in [1.29, 1.82) is 0 Å². The largest absolute Gasteiger partial charge is 0.396 e. The van der Waals surface area contributed by atoms with E-state index >= 15 is 0 Å². The van der Waals surface area contributed by atoms with Crippen molar-refractivity contribution in [3.8, 4) is 0 Å². The van der Waals surface area contributed by atoms with Gasteiger partial charge in [-0.05, 0) is 19.1 Å². The monoisotopic (exact) mass is 291 g/mol. The van der Waals surface area contributed by atoms with E-state index in [1.807, 2.05) is 10.7 Å². The number of nitrogens with zero attached hydrogens (tertiary/aromatic N) is 3. The first kappa shape index (κ1) is 13.3. The third-order valence-electron chi connectivity index (χ3n) is 3.54. The molecule has 2 aromatic heterocycles. The third-order valence-corrected chi connectivity index (χ3v) is 4.52. The summed E-state index contributed by atoms with van der Waals surface area (Å²) >= 11 is 1.74. The van der Waals surface area contributed by atoms with Crippen LogP contribution in [0.2, 0.25) is 0 Å². The Morgan fingerprint density at radius 3 is 2.95 bits per heavy atom. The van der Waals surface area contributed by atoms with Crippen molar-refractivity contribution in [2.24, 2.45) is 5.92 Å². The molecule has 1 N–H and O–H groups in total. The smallest absolute Gasteiger partial charge is 0.228 e. The van der Waals surface area contributed by atoms with E-state index in [0.717, 1.165) is 5.82 Å². The number of hydrogen-bond donors (Lipinski definition) is 1. The van der Waals surface area contributed by atoms with Crippen LogP contribution in [0.15, 0.2) is 24.4 Å². The molecule has 3 heterocycles. The first-order valence-electron chi connectivity index (χ1n) is 6.65. The van der Waals surface area contributed by atoms with Gasteiger partial charge in [0.2, 0.25) is 5.91 Å². The molecule has 0 aliphatic carbocycles. The zero-order valence-corrected chi connectivity index (χ0v) is 12.1. The van der Waals surface area contributed by atoms with E-state index in [-0.39, 0.29) is 18.4 Å². The van der Waals surface area contributed by atoms with Gasteiger partial charge >= 0.3 is 0 Å². The molecular weight excluding hydrogens is 274 g/mol. The van der Waals surface area contributed by atoms with Crippen LogP contribution in [-0.4, -0.2) is 33.9 Å². The molecule has 6 heteroatoms. The highest BCUT2D eigenvalue weighted by molar-refractivity contribution is 7.11. The molecule has 1 unspecified atom stereocenters. The Morgan fingerprint density at radius 2 is 2.30 bits per heavy atom. The van der Waals surface area contributed by atoms with Gasteiger partial charge in [0.1, 0.15) is 5.82 Å². The zero-order valence-electron chi connectivity index (χ0n) is 11.3.